The van der Waals surface area contributed by atoms with Gasteiger partial charge in [0.2, 0.25) is 0 Å². The summed E-state index contributed by atoms with van der Waals surface area (Å²) in [5.74, 6) is 0. The molecule has 0 unspecified atom stereocenters. The molecule has 264 valence electrons. The topological polar surface area (TPSA) is 25.8 Å². The fourth-order valence-electron chi connectivity index (χ4n) is 9.20. The molecule has 0 saturated carbocycles. The average Bonchev–Trinajstić information content (AvgIpc) is 3.67. The monoisotopic (exact) mass is 740 g/mol. The van der Waals surface area contributed by atoms with E-state index in [4.69, 9.17) is 9.97 Å². The van der Waals surface area contributed by atoms with Crippen LogP contribution in [0.15, 0.2) is 194 Å². The van der Waals surface area contributed by atoms with Crippen molar-refractivity contribution in [3.8, 4) is 44.5 Å². The molecule has 0 spiro atoms. The second-order valence-corrected chi connectivity index (χ2v) is 15.9. The molecular formula is C54H32N2S. The summed E-state index contributed by atoms with van der Waals surface area (Å²) in [6, 6.07) is 66.9. The van der Waals surface area contributed by atoms with Crippen molar-refractivity contribution < 1.29 is 0 Å². The maximum absolute atomic E-state index is 4.76. The van der Waals surface area contributed by atoms with Gasteiger partial charge in [0.25, 0.3) is 0 Å². The summed E-state index contributed by atoms with van der Waals surface area (Å²) in [6.45, 7) is 0. The van der Waals surface area contributed by atoms with Crippen molar-refractivity contribution in [1.29, 1.82) is 0 Å². The van der Waals surface area contributed by atoms with Crippen LogP contribution in [-0.4, -0.2) is 9.97 Å². The van der Waals surface area contributed by atoms with Crippen molar-refractivity contribution in [2.45, 2.75) is 0 Å². The highest BCUT2D eigenvalue weighted by atomic mass is 32.1. The number of benzene rings is 10. The SMILES string of the molecule is c1cc(-c2ccc3c(c2)c2ccccc2c2nccnc32)cc(-c2cccc3c(-c4ccc(-c5cccc6c5sc5ccccc56)c5ccccc45)cccc23)c1. The summed E-state index contributed by atoms with van der Waals surface area (Å²) >= 11 is 1.89. The van der Waals surface area contributed by atoms with E-state index in [1.54, 1.807) is 12.4 Å². The van der Waals surface area contributed by atoms with Crippen LogP contribution in [0.1, 0.15) is 0 Å². The van der Waals surface area contributed by atoms with Gasteiger partial charge in [-0.25, -0.2) is 0 Å². The molecule has 12 aromatic rings. The highest BCUT2D eigenvalue weighted by Crippen LogP contribution is 2.45. The lowest BCUT2D eigenvalue weighted by atomic mass is 9.88. The van der Waals surface area contributed by atoms with Crippen LogP contribution in [0, 0.1) is 0 Å². The minimum atomic E-state index is 0.939. The van der Waals surface area contributed by atoms with Crippen LogP contribution in [-0.2, 0) is 0 Å². The molecule has 2 nitrogen and oxygen atoms in total. The number of rotatable bonds is 4. The Balaban J connectivity index is 0.988. The molecule has 0 atom stereocenters. The molecule has 57 heavy (non-hydrogen) atoms. The van der Waals surface area contributed by atoms with Crippen molar-refractivity contribution in [2.75, 3.05) is 0 Å². The molecule has 0 saturated heterocycles. The Morgan fingerprint density at radius 1 is 0.281 bits per heavy atom. The molecule has 3 heteroatoms. The lowest BCUT2D eigenvalue weighted by Gasteiger charge is -2.16. The molecule has 0 amide bonds. The summed E-state index contributed by atoms with van der Waals surface area (Å²) in [5, 5.41) is 12.3. The normalized spacial score (nSPS) is 11.9. The first-order valence-electron chi connectivity index (χ1n) is 19.4. The van der Waals surface area contributed by atoms with Gasteiger partial charge in [0, 0.05) is 48.9 Å². The van der Waals surface area contributed by atoms with Crippen LogP contribution in [0.4, 0.5) is 0 Å². The standard InChI is InChI=1S/C54H32N2S/c1-2-14-39-38(13-1)43(27-28-44(39)48-22-10-23-49-45-16-5-6-24-51(45)57-54(48)49)41-21-9-19-37-36(18-8-20-40(37)41)35-12-7-11-33(31-35)34-25-26-47-50(32-34)42-15-3-4-17-46(42)52-53(47)56-30-29-55-52/h1-32H. The van der Waals surface area contributed by atoms with Gasteiger partial charge >= 0.3 is 0 Å². The van der Waals surface area contributed by atoms with Gasteiger partial charge in [-0.15, -0.1) is 11.3 Å². The van der Waals surface area contributed by atoms with E-state index in [-0.39, 0.29) is 0 Å². The van der Waals surface area contributed by atoms with Crippen LogP contribution in [0.5, 0.6) is 0 Å². The van der Waals surface area contributed by atoms with Gasteiger partial charge in [0.15, 0.2) is 0 Å². The predicted molar refractivity (Wildman–Crippen MR) is 244 cm³/mol. The van der Waals surface area contributed by atoms with Crippen molar-refractivity contribution >= 4 is 85.6 Å². The van der Waals surface area contributed by atoms with Gasteiger partial charge in [0.05, 0.1) is 11.0 Å². The van der Waals surface area contributed by atoms with E-state index >= 15 is 0 Å². The van der Waals surface area contributed by atoms with Gasteiger partial charge in [0.1, 0.15) is 0 Å². The van der Waals surface area contributed by atoms with E-state index in [2.05, 4.69) is 182 Å². The fraction of sp³-hybridized carbons (Fsp3) is 0. The third-order valence-electron chi connectivity index (χ3n) is 11.8. The zero-order valence-corrected chi connectivity index (χ0v) is 31.6. The zero-order valence-electron chi connectivity index (χ0n) is 30.8. The quantitative estimate of drug-likeness (QED) is 0.168. The molecule has 0 aliphatic heterocycles. The molecule has 0 bridgehead atoms. The Hall–Kier alpha value is -7.20. The Morgan fingerprint density at radius 2 is 0.772 bits per heavy atom. The van der Waals surface area contributed by atoms with Gasteiger partial charge in [-0.05, 0) is 89.5 Å². The second kappa shape index (κ2) is 12.7. The van der Waals surface area contributed by atoms with Crippen molar-refractivity contribution in [1.82, 2.24) is 9.97 Å². The highest BCUT2D eigenvalue weighted by molar-refractivity contribution is 7.26. The maximum atomic E-state index is 4.76. The van der Waals surface area contributed by atoms with E-state index in [0.717, 1.165) is 21.8 Å². The minimum absolute atomic E-state index is 0.939. The fourth-order valence-corrected chi connectivity index (χ4v) is 10.4. The summed E-state index contributed by atoms with van der Waals surface area (Å²) in [7, 11) is 0. The van der Waals surface area contributed by atoms with Crippen LogP contribution >= 0.6 is 11.3 Å². The summed E-state index contributed by atoms with van der Waals surface area (Å²) < 4.78 is 2.67. The first kappa shape index (κ1) is 32.1. The number of hydrogen-bond acceptors (Lipinski definition) is 3. The van der Waals surface area contributed by atoms with Crippen LogP contribution in [0.2, 0.25) is 0 Å². The Labute approximate surface area is 333 Å². The number of thiophene rings is 1. The highest BCUT2D eigenvalue weighted by Gasteiger charge is 2.17. The third-order valence-corrected chi connectivity index (χ3v) is 13.0. The van der Waals surface area contributed by atoms with Crippen LogP contribution in [0.25, 0.3) is 119 Å². The average molecular weight is 741 g/mol. The molecule has 0 aliphatic rings. The smallest absolute Gasteiger partial charge is 0.0971 e. The first-order chi connectivity index (χ1) is 28.3. The number of hydrogen-bond donors (Lipinski definition) is 0. The minimum Gasteiger partial charge on any atom is -0.252 e. The predicted octanol–water partition coefficient (Wildman–Crippen LogP) is 15.3. The van der Waals surface area contributed by atoms with Crippen molar-refractivity contribution in [2.24, 2.45) is 0 Å². The third kappa shape index (κ3) is 4.96. The van der Waals surface area contributed by atoms with Gasteiger partial charge < -0.3 is 0 Å². The van der Waals surface area contributed by atoms with E-state index in [0.29, 0.717) is 0 Å². The maximum Gasteiger partial charge on any atom is 0.0971 e. The second-order valence-electron chi connectivity index (χ2n) is 14.8. The lowest BCUT2D eigenvalue weighted by Crippen LogP contribution is -1.90. The molecular weight excluding hydrogens is 709 g/mol. The van der Waals surface area contributed by atoms with E-state index in [1.807, 2.05) is 11.3 Å². The molecule has 0 fully saturated rings. The Kier molecular flexibility index (Phi) is 7.13. The van der Waals surface area contributed by atoms with Gasteiger partial charge in [-0.3, -0.25) is 9.97 Å². The number of fused-ring (bicyclic) bond motifs is 11. The van der Waals surface area contributed by atoms with Crippen molar-refractivity contribution in [3.05, 3.63) is 194 Å². The summed E-state index contributed by atoms with van der Waals surface area (Å²) in [5.41, 5.74) is 11.7. The lowest BCUT2D eigenvalue weighted by molar-refractivity contribution is 1.31. The van der Waals surface area contributed by atoms with Crippen LogP contribution in [0.3, 0.4) is 0 Å². The molecule has 12 rings (SSSR count). The molecule has 0 radical (unpaired) electrons. The molecule has 10 aromatic carbocycles. The molecule has 2 heterocycles. The van der Waals surface area contributed by atoms with Crippen LogP contribution < -0.4 is 0 Å². The van der Waals surface area contributed by atoms with Gasteiger partial charge in [-0.2, -0.15) is 0 Å². The molecule has 0 N–H and O–H groups in total. The van der Waals surface area contributed by atoms with Crippen molar-refractivity contribution in [3.63, 3.8) is 0 Å². The number of nitrogens with zero attached hydrogens (tertiary/aromatic N) is 2. The Bertz CT molecular complexity index is 3560. The zero-order chi connectivity index (χ0) is 37.5. The number of aromatic nitrogens is 2. The molecule has 0 aliphatic carbocycles. The summed E-state index contributed by atoms with van der Waals surface area (Å²) in [4.78, 5) is 9.49. The van der Waals surface area contributed by atoms with E-state index in [9.17, 15) is 0 Å². The Morgan fingerprint density at radius 3 is 1.53 bits per heavy atom. The van der Waals surface area contributed by atoms with E-state index < -0.39 is 0 Å². The van der Waals surface area contributed by atoms with E-state index in [1.165, 1.54) is 97.0 Å². The summed E-state index contributed by atoms with van der Waals surface area (Å²) in [6.07, 6.45) is 3.57. The molecule has 2 aromatic heterocycles. The largest absolute Gasteiger partial charge is 0.252 e. The van der Waals surface area contributed by atoms with Gasteiger partial charge in [-0.1, -0.05) is 164 Å². The first-order valence-corrected chi connectivity index (χ1v) is 20.2.